The molecule has 0 spiro atoms. The van der Waals surface area contributed by atoms with Crippen molar-refractivity contribution in [3.05, 3.63) is 0 Å². The standard InChI is InChI=1S/C5H11NO3/c1-4(9-2)3-5(7)6-8/h4,8H,3H2,1-2H3,(H,6,7). The molecule has 1 amide bonds. The Kier molecular flexibility index (Phi) is 4.00. The molecule has 0 saturated heterocycles. The molecule has 4 heteroatoms. The lowest BCUT2D eigenvalue weighted by Crippen LogP contribution is -2.23. The van der Waals surface area contributed by atoms with E-state index in [0.717, 1.165) is 0 Å². The summed E-state index contributed by atoms with van der Waals surface area (Å²) in [5.41, 5.74) is 1.51. The molecule has 54 valence electrons. The number of amides is 1. The predicted molar refractivity (Wildman–Crippen MR) is 31.0 cm³/mol. The Morgan fingerprint density at radius 2 is 2.44 bits per heavy atom. The summed E-state index contributed by atoms with van der Waals surface area (Å²) >= 11 is 0. The molecule has 0 saturated carbocycles. The van der Waals surface area contributed by atoms with Crippen molar-refractivity contribution in [1.82, 2.24) is 5.48 Å². The second kappa shape index (κ2) is 4.29. The first-order chi connectivity index (χ1) is 4.20. The summed E-state index contributed by atoms with van der Waals surface area (Å²) < 4.78 is 4.75. The molecule has 9 heavy (non-hydrogen) atoms. The Morgan fingerprint density at radius 3 is 2.78 bits per heavy atom. The van der Waals surface area contributed by atoms with E-state index in [4.69, 9.17) is 9.94 Å². The van der Waals surface area contributed by atoms with Crippen LogP contribution in [0, 0.1) is 0 Å². The highest BCUT2D eigenvalue weighted by molar-refractivity contribution is 5.74. The fourth-order valence-corrected chi connectivity index (χ4v) is 0.390. The minimum atomic E-state index is -0.427. The van der Waals surface area contributed by atoms with Crippen molar-refractivity contribution in [1.29, 1.82) is 0 Å². The number of methoxy groups -OCH3 is 1. The molecule has 1 atom stereocenters. The lowest BCUT2D eigenvalue weighted by molar-refractivity contribution is -0.131. The minimum Gasteiger partial charge on any atom is -0.381 e. The lowest BCUT2D eigenvalue weighted by atomic mass is 10.3. The first kappa shape index (κ1) is 8.39. The van der Waals surface area contributed by atoms with Gasteiger partial charge in [-0.2, -0.15) is 0 Å². The van der Waals surface area contributed by atoms with E-state index >= 15 is 0 Å². The fraction of sp³-hybridized carbons (Fsp3) is 0.800. The van der Waals surface area contributed by atoms with Gasteiger partial charge in [-0.15, -0.1) is 0 Å². The van der Waals surface area contributed by atoms with E-state index in [0.29, 0.717) is 0 Å². The van der Waals surface area contributed by atoms with Gasteiger partial charge in [0.25, 0.3) is 0 Å². The Labute approximate surface area is 53.8 Å². The second-order valence-corrected chi connectivity index (χ2v) is 1.79. The van der Waals surface area contributed by atoms with E-state index in [2.05, 4.69) is 0 Å². The van der Waals surface area contributed by atoms with Gasteiger partial charge >= 0.3 is 0 Å². The molecular formula is C5H11NO3. The van der Waals surface area contributed by atoms with E-state index < -0.39 is 5.91 Å². The third-order valence-corrected chi connectivity index (χ3v) is 1.000. The summed E-state index contributed by atoms with van der Waals surface area (Å²) in [6.07, 6.45) is 0.0460. The van der Waals surface area contributed by atoms with Crippen molar-refractivity contribution in [2.24, 2.45) is 0 Å². The van der Waals surface area contributed by atoms with Crippen molar-refractivity contribution in [3.63, 3.8) is 0 Å². The van der Waals surface area contributed by atoms with Gasteiger partial charge in [-0.25, -0.2) is 5.48 Å². The van der Waals surface area contributed by atoms with Crippen LogP contribution >= 0.6 is 0 Å². The minimum absolute atomic E-state index is 0.142. The average Bonchev–Trinajstić information content (AvgIpc) is 1.87. The number of hydrogen-bond donors (Lipinski definition) is 2. The van der Waals surface area contributed by atoms with Crippen LogP contribution in [0.15, 0.2) is 0 Å². The van der Waals surface area contributed by atoms with Crippen LogP contribution < -0.4 is 5.48 Å². The second-order valence-electron chi connectivity index (χ2n) is 1.79. The smallest absolute Gasteiger partial charge is 0.245 e. The van der Waals surface area contributed by atoms with Crippen LogP contribution in [0.1, 0.15) is 13.3 Å². The fourth-order valence-electron chi connectivity index (χ4n) is 0.390. The molecule has 0 aliphatic carbocycles. The molecule has 0 bridgehead atoms. The highest BCUT2D eigenvalue weighted by atomic mass is 16.5. The van der Waals surface area contributed by atoms with Gasteiger partial charge in [0.1, 0.15) is 0 Å². The predicted octanol–water partition coefficient (Wildman–Crippen LogP) is -0.0832. The van der Waals surface area contributed by atoms with Gasteiger partial charge in [0.2, 0.25) is 5.91 Å². The maximum Gasteiger partial charge on any atom is 0.245 e. The first-order valence-corrected chi connectivity index (χ1v) is 2.66. The molecule has 0 aliphatic heterocycles. The zero-order valence-electron chi connectivity index (χ0n) is 5.55. The molecule has 0 aliphatic rings. The van der Waals surface area contributed by atoms with Crippen LogP contribution in [-0.2, 0) is 9.53 Å². The maximum absolute atomic E-state index is 10.3. The van der Waals surface area contributed by atoms with Crippen LogP contribution in [0.3, 0.4) is 0 Å². The summed E-state index contributed by atoms with van der Waals surface area (Å²) in [5, 5.41) is 8.02. The van der Waals surface area contributed by atoms with Gasteiger partial charge in [-0.3, -0.25) is 10.0 Å². The molecule has 4 nitrogen and oxygen atoms in total. The molecule has 0 fully saturated rings. The molecule has 0 aromatic heterocycles. The van der Waals surface area contributed by atoms with E-state index in [1.54, 1.807) is 6.92 Å². The maximum atomic E-state index is 10.3. The van der Waals surface area contributed by atoms with Crippen LogP contribution in [-0.4, -0.2) is 24.3 Å². The number of ether oxygens (including phenoxy) is 1. The third kappa shape index (κ3) is 3.93. The van der Waals surface area contributed by atoms with Gasteiger partial charge in [-0.1, -0.05) is 0 Å². The number of rotatable bonds is 3. The van der Waals surface area contributed by atoms with Gasteiger partial charge in [-0.05, 0) is 6.92 Å². The van der Waals surface area contributed by atoms with Crippen LogP contribution in [0.2, 0.25) is 0 Å². The largest absolute Gasteiger partial charge is 0.381 e. The SMILES string of the molecule is COC(C)CC(=O)NO. The van der Waals surface area contributed by atoms with Gasteiger partial charge in [0.15, 0.2) is 0 Å². The summed E-state index contributed by atoms with van der Waals surface area (Å²) in [6, 6.07) is 0. The van der Waals surface area contributed by atoms with Crippen LogP contribution in [0.4, 0.5) is 0 Å². The number of hydrogen-bond acceptors (Lipinski definition) is 3. The Hall–Kier alpha value is -0.610. The highest BCUT2D eigenvalue weighted by Gasteiger charge is 2.05. The van der Waals surface area contributed by atoms with Crippen LogP contribution in [0.5, 0.6) is 0 Å². The zero-order valence-corrected chi connectivity index (χ0v) is 5.55. The molecule has 0 aromatic rings. The number of nitrogens with one attached hydrogen (secondary N) is 1. The normalized spacial score (nSPS) is 12.8. The van der Waals surface area contributed by atoms with Gasteiger partial charge in [0, 0.05) is 7.11 Å². The summed E-state index contributed by atoms with van der Waals surface area (Å²) in [7, 11) is 1.51. The monoisotopic (exact) mass is 133 g/mol. The number of carbonyl (C=O) groups excluding carboxylic acids is 1. The summed E-state index contributed by atoms with van der Waals surface area (Å²) in [5.74, 6) is -0.427. The van der Waals surface area contributed by atoms with E-state index in [1.165, 1.54) is 12.6 Å². The molecule has 1 unspecified atom stereocenters. The van der Waals surface area contributed by atoms with Crippen molar-refractivity contribution in [2.45, 2.75) is 19.4 Å². The summed E-state index contributed by atoms with van der Waals surface area (Å²) in [4.78, 5) is 10.3. The Bertz CT molecular complexity index is 94.2. The topological polar surface area (TPSA) is 58.6 Å². The molecule has 0 heterocycles. The van der Waals surface area contributed by atoms with Crippen molar-refractivity contribution in [3.8, 4) is 0 Å². The zero-order chi connectivity index (χ0) is 7.28. The van der Waals surface area contributed by atoms with E-state index in [1.807, 2.05) is 0 Å². The molecule has 0 radical (unpaired) electrons. The first-order valence-electron chi connectivity index (χ1n) is 2.66. The highest BCUT2D eigenvalue weighted by Crippen LogP contribution is 1.92. The number of carbonyl (C=O) groups is 1. The van der Waals surface area contributed by atoms with E-state index in [9.17, 15) is 4.79 Å². The van der Waals surface area contributed by atoms with Gasteiger partial charge < -0.3 is 4.74 Å². The Morgan fingerprint density at radius 1 is 1.89 bits per heavy atom. The van der Waals surface area contributed by atoms with E-state index in [-0.39, 0.29) is 12.5 Å². The van der Waals surface area contributed by atoms with Crippen LogP contribution in [0.25, 0.3) is 0 Å². The summed E-state index contributed by atoms with van der Waals surface area (Å²) in [6.45, 7) is 1.75. The molecule has 0 rings (SSSR count). The molecule has 2 N–H and O–H groups in total. The third-order valence-electron chi connectivity index (χ3n) is 1.000. The van der Waals surface area contributed by atoms with Crippen molar-refractivity contribution < 1.29 is 14.7 Å². The van der Waals surface area contributed by atoms with Gasteiger partial charge in [0.05, 0.1) is 12.5 Å². The lowest BCUT2D eigenvalue weighted by Gasteiger charge is -2.05. The molecular weight excluding hydrogens is 122 g/mol. The number of hydroxylamine groups is 1. The van der Waals surface area contributed by atoms with Crippen molar-refractivity contribution in [2.75, 3.05) is 7.11 Å². The average molecular weight is 133 g/mol. The quantitative estimate of drug-likeness (QED) is 0.418. The molecule has 0 aromatic carbocycles. The van der Waals surface area contributed by atoms with Crippen molar-refractivity contribution >= 4 is 5.91 Å². The Balaban J connectivity index is 3.34.